The van der Waals surface area contributed by atoms with E-state index in [1.165, 1.54) is 10.5 Å². The van der Waals surface area contributed by atoms with Gasteiger partial charge in [0.15, 0.2) is 6.10 Å². The molecule has 0 saturated carbocycles. The van der Waals surface area contributed by atoms with Crippen LogP contribution >= 0.6 is 0 Å². The highest BCUT2D eigenvalue weighted by Gasteiger charge is 2.31. The lowest BCUT2D eigenvalue weighted by molar-refractivity contribution is 0.0840. The van der Waals surface area contributed by atoms with E-state index in [0.717, 1.165) is 59.6 Å². The van der Waals surface area contributed by atoms with Crippen LogP contribution in [0.15, 0.2) is 85.1 Å². The second-order valence-corrected chi connectivity index (χ2v) is 10.6. The van der Waals surface area contributed by atoms with Crippen molar-refractivity contribution in [2.24, 2.45) is 0 Å². The van der Waals surface area contributed by atoms with E-state index in [2.05, 4.69) is 27.3 Å². The minimum atomic E-state index is -0.445. The molecule has 41 heavy (non-hydrogen) atoms. The van der Waals surface area contributed by atoms with Crippen LogP contribution in [0.5, 0.6) is 0 Å². The second-order valence-electron chi connectivity index (χ2n) is 10.6. The Hall–Kier alpha value is -4.69. The van der Waals surface area contributed by atoms with Gasteiger partial charge in [0, 0.05) is 68.6 Å². The third kappa shape index (κ3) is 5.64. The Morgan fingerprint density at radius 1 is 1.02 bits per heavy atom. The van der Waals surface area contributed by atoms with Gasteiger partial charge in [0.2, 0.25) is 0 Å². The fraction of sp³-hybridized carbons (Fsp3) is 0.242. The molecule has 0 atom stereocenters. The molecule has 0 bridgehead atoms. The van der Waals surface area contributed by atoms with Gasteiger partial charge in [-0.15, -0.1) is 0 Å². The standard InChI is InChI=1S/C33H33N5O3/c1-37(33(40)41-31-28-8-4-2-6-26(28)27-7-3-5-9-29(27)31)17-15-35-32(39)23-12-10-22(11-13-23)20-38-16-14-30-24(21-38)18-25(34)19-36-30/h2-13,18-19,31H,14-17,20-21,34H2,1H3,(H,35,39). The number of rotatable bonds is 7. The monoisotopic (exact) mass is 547 g/mol. The molecule has 4 aromatic rings. The fourth-order valence-corrected chi connectivity index (χ4v) is 5.62. The van der Waals surface area contributed by atoms with E-state index in [0.29, 0.717) is 24.3 Å². The average Bonchev–Trinajstić information content (AvgIpc) is 3.30. The molecule has 208 valence electrons. The zero-order valence-electron chi connectivity index (χ0n) is 23.0. The Morgan fingerprint density at radius 2 is 1.71 bits per heavy atom. The Morgan fingerprint density at radius 3 is 2.41 bits per heavy atom. The van der Waals surface area contributed by atoms with Crippen LogP contribution in [0, 0.1) is 0 Å². The van der Waals surface area contributed by atoms with Crippen LogP contribution in [0.2, 0.25) is 0 Å². The Balaban J connectivity index is 0.984. The lowest BCUT2D eigenvalue weighted by Crippen LogP contribution is -2.36. The number of nitrogens with two attached hydrogens (primary N) is 1. The van der Waals surface area contributed by atoms with Crippen LogP contribution < -0.4 is 11.1 Å². The number of carbonyl (C=O) groups excluding carboxylic acids is 2. The van der Waals surface area contributed by atoms with Crippen molar-refractivity contribution in [3.05, 3.63) is 119 Å². The van der Waals surface area contributed by atoms with E-state index >= 15 is 0 Å². The van der Waals surface area contributed by atoms with Gasteiger partial charge in [-0.2, -0.15) is 0 Å². The molecule has 0 unspecified atom stereocenters. The highest BCUT2D eigenvalue weighted by Crippen LogP contribution is 2.45. The van der Waals surface area contributed by atoms with E-state index < -0.39 is 12.2 Å². The first kappa shape index (κ1) is 26.5. The average molecular weight is 548 g/mol. The predicted molar refractivity (Wildman–Crippen MR) is 158 cm³/mol. The van der Waals surface area contributed by atoms with Crippen LogP contribution in [-0.4, -0.2) is 53.5 Å². The molecule has 1 aliphatic carbocycles. The fourth-order valence-electron chi connectivity index (χ4n) is 5.62. The number of carbonyl (C=O) groups is 2. The van der Waals surface area contributed by atoms with E-state index in [1.807, 2.05) is 66.7 Å². The number of benzene rings is 3. The minimum Gasteiger partial charge on any atom is -0.436 e. The maximum atomic E-state index is 12.9. The van der Waals surface area contributed by atoms with E-state index in [1.54, 1.807) is 13.2 Å². The number of hydrogen-bond donors (Lipinski definition) is 2. The molecule has 2 heterocycles. The molecular formula is C33H33N5O3. The smallest absolute Gasteiger partial charge is 0.410 e. The van der Waals surface area contributed by atoms with Crippen LogP contribution in [-0.2, 0) is 24.2 Å². The molecule has 6 rings (SSSR count). The quantitative estimate of drug-likeness (QED) is 0.345. The van der Waals surface area contributed by atoms with E-state index in [4.69, 9.17) is 10.5 Å². The molecule has 3 N–H and O–H groups in total. The number of likely N-dealkylation sites (N-methyl/N-ethyl adjacent to an activating group) is 1. The number of amides is 2. The van der Waals surface area contributed by atoms with Gasteiger partial charge in [0.1, 0.15) is 0 Å². The van der Waals surface area contributed by atoms with Crippen molar-refractivity contribution < 1.29 is 14.3 Å². The lowest BCUT2D eigenvalue weighted by atomic mass is 10.0. The zero-order chi connectivity index (χ0) is 28.3. The van der Waals surface area contributed by atoms with Crippen molar-refractivity contribution in [2.45, 2.75) is 25.6 Å². The summed E-state index contributed by atoms with van der Waals surface area (Å²) >= 11 is 0. The third-order valence-electron chi connectivity index (χ3n) is 7.80. The highest BCUT2D eigenvalue weighted by molar-refractivity contribution is 5.94. The summed E-state index contributed by atoms with van der Waals surface area (Å²) in [4.78, 5) is 34.0. The maximum absolute atomic E-state index is 12.9. The number of nitrogens with zero attached hydrogens (tertiary/aromatic N) is 3. The van der Waals surface area contributed by atoms with Crippen molar-refractivity contribution in [3.63, 3.8) is 0 Å². The topological polar surface area (TPSA) is 101 Å². The van der Waals surface area contributed by atoms with Crippen LogP contribution in [0.3, 0.4) is 0 Å². The van der Waals surface area contributed by atoms with Crippen molar-refractivity contribution in [2.75, 3.05) is 32.4 Å². The first-order chi connectivity index (χ1) is 20.0. The van der Waals surface area contributed by atoms with Crippen LogP contribution in [0.25, 0.3) is 11.1 Å². The molecule has 2 aliphatic rings. The molecule has 2 amide bonds. The minimum absolute atomic E-state index is 0.176. The van der Waals surface area contributed by atoms with E-state index in [9.17, 15) is 9.59 Å². The summed E-state index contributed by atoms with van der Waals surface area (Å²) in [5, 5.41) is 2.91. The van der Waals surface area contributed by atoms with Gasteiger partial charge in [-0.25, -0.2) is 4.79 Å². The molecule has 3 aromatic carbocycles. The van der Waals surface area contributed by atoms with Crippen LogP contribution in [0.1, 0.15) is 44.4 Å². The van der Waals surface area contributed by atoms with Gasteiger partial charge in [-0.3, -0.25) is 14.7 Å². The molecule has 0 saturated heterocycles. The van der Waals surface area contributed by atoms with Gasteiger partial charge in [-0.05, 0) is 40.5 Å². The first-order valence-corrected chi connectivity index (χ1v) is 13.9. The largest absolute Gasteiger partial charge is 0.436 e. The van der Waals surface area contributed by atoms with Gasteiger partial charge >= 0.3 is 6.09 Å². The molecule has 0 radical (unpaired) electrons. The number of ether oxygens (including phenoxy) is 1. The normalized spacial score (nSPS) is 14.1. The molecule has 8 nitrogen and oxygen atoms in total. The van der Waals surface area contributed by atoms with Crippen molar-refractivity contribution in [1.29, 1.82) is 0 Å². The number of nitrogens with one attached hydrogen (secondary N) is 1. The number of hydrogen-bond acceptors (Lipinski definition) is 6. The number of fused-ring (bicyclic) bond motifs is 4. The molecule has 0 spiro atoms. The molecule has 1 aliphatic heterocycles. The summed E-state index contributed by atoms with van der Waals surface area (Å²) in [5.41, 5.74) is 14.8. The van der Waals surface area contributed by atoms with Crippen molar-refractivity contribution in [3.8, 4) is 11.1 Å². The van der Waals surface area contributed by atoms with Crippen molar-refractivity contribution >= 4 is 17.7 Å². The summed E-state index contributed by atoms with van der Waals surface area (Å²) in [7, 11) is 1.68. The molecule has 8 heteroatoms. The maximum Gasteiger partial charge on any atom is 0.410 e. The molecule has 0 fully saturated rings. The van der Waals surface area contributed by atoms with Gasteiger partial charge in [0.25, 0.3) is 5.91 Å². The first-order valence-electron chi connectivity index (χ1n) is 13.9. The summed E-state index contributed by atoms with van der Waals surface area (Å²) in [6.07, 6.45) is 1.75. The molecular weight excluding hydrogens is 514 g/mol. The summed E-state index contributed by atoms with van der Waals surface area (Å²) in [6.45, 7) is 3.18. The lowest BCUT2D eigenvalue weighted by Gasteiger charge is -2.28. The number of pyridine rings is 1. The third-order valence-corrected chi connectivity index (χ3v) is 7.80. The Labute approximate surface area is 239 Å². The number of aromatic nitrogens is 1. The number of anilines is 1. The summed E-state index contributed by atoms with van der Waals surface area (Å²) < 4.78 is 5.93. The highest BCUT2D eigenvalue weighted by atomic mass is 16.6. The Bertz CT molecular complexity index is 1540. The SMILES string of the molecule is CN(CCNC(=O)c1ccc(CN2CCc3ncc(N)cc3C2)cc1)C(=O)OC1c2ccccc2-c2ccccc21. The van der Waals surface area contributed by atoms with Crippen molar-refractivity contribution in [1.82, 2.24) is 20.1 Å². The van der Waals surface area contributed by atoms with Gasteiger partial charge < -0.3 is 20.7 Å². The van der Waals surface area contributed by atoms with Crippen LogP contribution in [0.4, 0.5) is 10.5 Å². The second kappa shape index (κ2) is 11.4. The predicted octanol–water partition coefficient (Wildman–Crippen LogP) is 4.79. The van der Waals surface area contributed by atoms with E-state index in [-0.39, 0.29) is 5.91 Å². The molecule has 1 aromatic heterocycles. The summed E-state index contributed by atoms with van der Waals surface area (Å²) in [5.74, 6) is -0.176. The van der Waals surface area contributed by atoms with Gasteiger partial charge in [0.05, 0.1) is 11.9 Å². The zero-order valence-corrected chi connectivity index (χ0v) is 23.0. The number of nitrogen functional groups attached to an aromatic ring is 1. The van der Waals surface area contributed by atoms with Gasteiger partial charge in [-0.1, -0.05) is 60.7 Å². The Kier molecular flexibility index (Phi) is 7.39. The summed E-state index contributed by atoms with van der Waals surface area (Å²) in [6, 6.07) is 25.7.